The van der Waals surface area contributed by atoms with E-state index < -0.39 is 0 Å². The second-order valence-electron chi connectivity index (χ2n) is 4.59. The molecule has 0 aromatic carbocycles. The van der Waals surface area contributed by atoms with E-state index in [0.717, 1.165) is 12.8 Å². The molecule has 0 spiro atoms. The Morgan fingerprint density at radius 1 is 1.33 bits per heavy atom. The van der Waals surface area contributed by atoms with Crippen molar-refractivity contribution >= 4 is 17.7 Å². The molecule has 2 nitrogen and oxygen atoms in total. The van der Waals surface area contributed by atoms with Gasteiger partial charge in [0.15, 0.2) is 0 Å². The molecular formula is C12H20O2S. The van der Waals surface area contributed by atoms with Crippen LogP contribution in [0.2, 0.25) is 0 Å². The lowest BCUT2D eigenvalue weighted by atomic mass is 10.0. The summed E-state index contributed by atoms with van der Waals surface area (Å²) in [5.74, 6) is 0.0393. The molecule has 0 aromatic rings. The van der Waals surface area contributed by atoms with Crippen molar-refractivity contribution in [1.29, 1.82) is 0 Å². The van der Waals surface area contributed by atoms with Gasteiger partial charge in [0, 0.05) is 11.7 Å². The highest BCUT2D eigenvalue weighted by molar-refractivity contribution is 8.01. The number of carbonyl (C=O) groups is 1. The monoisotopic (exact) mass is 228 g/mol. The third-order valence-corrected chi connectivity index (χ3v) is 4.96. The Morgan fingerprint density at radius 2 is 2.07 bits per heavy atom. The zero-order chi connectivity index (χ0) is 10.7. The molecule has 0 aromatic heterocycles. The van der Waals surface area contributed by atoms with Crippen LogP contribution in [-0.4, -0.2) is 22.6 Å². The summed E-state index contributed by atoms with van der Waals surface area (Å²) in [7, 11) is 0. The van der Waals surface area contributed by atoms with Crippen molar-refractivity contribution in [2.24, 2.45) is 0 Å². The lowest BCUT2D eigenvalue weighted by molar-refractivity contribution is -0.141. The van der Waals surface area contributed by atoms with Gasteiger partial charge in [0.2, 0.25) is 0 Å². The normalized spacial score (nSPS) is 33.0. The van der Waals surface area contributed by atoms with Crippen molar-refractivity contribution < 1.29 is 9.53 Å². The SMILES string of the molecule is CC[C@H]1CC(SC2CCCCC2)C(=O)O1. The first-order valence-electron chi connectivity index (χ1n) is 6.15. The van der Waals surface area contributed by atoms with Gasteiger partial charge in [-0.3, -0.25) is 4.79 Å². The Kier molecular flexibility index (Phi) is 3.95. The molecule has 1 aliphatic carbocycles. The molecule has 1 heterocycles. The van der Waals surface area contributed by atoms with Gasteiger partial charge < -0.3 is 4.74 Å². The first-order chi connectivity index (χ1) is 7.29. The van der Waals surface area contributed by atoms with E-state index in [2.05, 4.69) is 6.92 Å². The van der Waals surface area contributed by atoms with Crippen LogP contribution in [0.1, 0.15) is 51.9 Å². The minimum atomic E-state index is 0.0393. The third-order valence-electron chi connectivity index (χ3n) is 3.39. The predicted molar refractivity (Wildman–Crippen MR) is 63.0 cm³/mol. The van der Waals surface area contributed by atoms with Gasteiger partial charge in [0.25, 0.3) is 0 Å². The number of esters is 1. The summed E-state index contributed by atoms with van der Waals surface area (Å²) in [6.07, 6.45) is 8.76. The minimum Gasteiger partial charge on any atom is -0.461 e. The quantitative estimate of drug-likeness (QED) is 0.694. The van der Waals surface area contributed by atoms with Crippen LogP contribution in [0.3, 0.4) is 0 Å². The predicted octanol–water partition coefficient (Wildman–Crippen LogP) is 3.15. The molecule has 1 saturated heterocycles. The first kappa shape index (κ1) is 11.3. The summed E-state index contributed by atoms with van der Waals surface area (Å²) < 4.78 is 5.30. The number of ether oxygens (including phenoxy) is 1. The van der Waals surface area contributed by atoms with Crippen LogP contribution in [0.5, 0.6) is 0 Å². The molecule has 86 valence electrons. The molecule has 2 rings (SSSR count). The van der Waals surface area contributed by atoms with E-state index in [4.69, 9.17) is 4.74 Å². The second-order valence-corrected chi connectivity index (χ2v) is 6.10. The van der Waals surface area contributed by atoms with E-state index in [-0.39, 0.29) is 17.3 Å². The lowest BCUT2D eigenvalue weighted by Crippen LogP contribution is -2.17. The van der Waals surface area contributed by atoms with E-state index in [9.17, 15) is 4.79 Å². The lowest BCUT2D eigenvalue weighted by Gasteiger charge is -2.22. The molecule has 2 atom stereocenters. The van der Waals surface area contributed by atoms with Crippen LogP contribution in [-0.2, 0) is 9.53 Å². The van der Waals surface area contributed by atoms with Gasteiger partial charge in [0.05, 0.1) is 0 Å². The molecule has 1 saturated carbocycles. The third kappa shape index (κ3) is 2.90. The molecule has 2 aliphatic rings. The Hall–Kier alpha value is -0.180. The van der Waals surface area contributed by atoms with Gasteiger partial charge in [-0.15, -0.1) is 11.8 Å². The summed E-state index contributed by atoms with van der Waals surface area (Å²) in [6.45, 7) is 2.09. The van der Waals surface area contributed by atoms with Crippen LogP contribution < -0.4 is 0 Å². The van der Waals surface area contributed by atoms with Gasteiger partial charge in [-0.2, -0.15) is 0 Å². The molecule has 15 heavy (non-hydrogen) atoms. The van der Waals surface area contributed by atoms with Gasteiger partial charge in [-0.1, -0.05) is 26.2 Å². The number of carbonyl (C=O) groups excluding carboxylic acids is 1. The standard InChI is InChI=1S/C12H20O2S/c1-2-9-8-11(12(13)14-9)15-10-6-4-3-5-7-10/h9-11H,2-8H2,1H3/t9-,11?/m0/s1. The van der Waals surface area contributed by atoms with Gasteiger partial charge in [-0.05, 0) is 19.3 Å². The second kappa shape index (κ2) is 5.24. The van der Waals surface area contributed by atoms with E-state index in [1.165, 1.54) is 32.1 Å². The van der Waals surface area contributed by atoms with Gasteiger partial charge in [-0.25, -0.2) is 0 Å². The zero-order valence-electron chi connectivity index (χ0n) is 9.41. The number of cyclic esters (lactones) is 1. The highest BCUT2D eigenvalue weighted by Crippen LogP contribution is 2.36. The number of hydrogen-bond donors (Lipinski definition) is 0. The van der Waals surface area contributed by atoms with E-state index in [1.54, 1.807) is 0 Å². The Morgan fingerprint density at radius 3 is 2.67 bits per heavy atom. The summed E-state index contributed by atoms with van der Waals surface area (Å²) in [5, 5.41) is 0.852. The van der Waals surface area contributed by atoms with E-state index >= 15 is 0 Å². The van der Waals surface area contributed by atoms with Crippen molar-refractivity contribution in [2.45, 2.75) is 68.5 Å². The van der Waals surface area contributed by atoms with Crippen molar-refractivity contribution in [2.75, 3.05) is 0 Å². The van der Waals surface area contributed by atoms with Crippen LogP contribution in [0, 0.1) is 0 Å². The molecule has 0 amide bonds. The molecule has 3 heteroatoms. The maximum Gasteiger partial charge on any atom is 0.319 e. The molecule has 0 N–H and O–H groups in total. The Balaban J connectivity index is 1.81. The van der Waals surface area contributed by atoms with E-state index in [0.29, 0.717) is 5.25 Å². The number of hydrogen-bond acceptors (Lipinski definition) is 3. The largest absolute Gasteiger partial charge is 0.461 e. The molecule has 1 unspecified atom stereocenters. The zero-order valence-corrected chi connectivity index (χ0v) is 10.2. The fourth-order valence-corrected chi connectivity index (χ4v) is 3.98. The van der Waals surface area contributed by atoms with Crippen LogP contribution in [0.25, 0.3) is 0 Å². The Bertz CT molecular complexity index is 224. The molecular weight excluding hydrogens is 208 g/mol. The maximum atomic E-state index is 11.6. The summed E-state index contributed by atoms with van der Waals surface area (Å²) in [4.78, 5) is 11.6. The van der Waals surface area contributed by atoms with Crippen LogP contribution in [0.15, 0.2) is 0 Å². The van der Waals surface area contributed by atoms with Crippen molar-refractivity contribution in [1.82, 2.24) is 0 Å². The molecule has 0 radical (unpaired) electrons. The van der Waals surface area contributed by atoms with Crippen molar-refractivity contribution in [3.63, 3.8) is 0 Å². The number of thioether (sulfide) groups is 1. The fraction of sp³-hybridized carbons (Fsp3) is 0.917. The Labute approximate surface area is 96.1 Å². The smallest absolute Gasteiger partial charge is 0.319 e. The summed E-state index contributed by atoms with van der Waals surface area (Å²) in [6, 6.07) is 0. The maximum absolute atomic E-state index is 11.6. The van der Waals surface area contributed by atoms with Crippen molar-refractivity contribution in [3.05, 3.63) is 0 Å². The van der Waals surface area contributed by atoms with E-state index in [1.807, 2.05) is 11.8 Å². The molecule has 1 aliphatic heterocycles. The minimum absolute atomic E-state index is 0.0393. The van der Waals surface area contributed by atoms with Gasteiger partial charge in [0.1, 0.15) is 11.4 Å². The highest BCUT2D eigenvalue weighted by Gasteiger charge is 2.35. The first-order valence-corrected chi connectivity index (χ1v) is 7.10. The molecule has 0 bridgehead atoms. The number of rotatable bonds is 3. The van der Waals surface area contributed by atoms with Crippen LogP contribution >= 0.6 is 11.8 Å². The van der Waals surface area contributed by atoms with Gasteiger partial charge >= 0.3 is 5.97 Å². The fourth-order valence-electron chi connectivity index (χ4n) is 2.42. The topological polar surface area (TPSA) is 26.3 Å². The van der Waals surface area contributed by atoms with Crippen LogP contribution in [0.4, 0.5) is 0 Å². The highest BCUT2D eigenvalue weighted by atomic mass is 32.2. The summed E-state index contributed by atoms with van der Waals surface area (Å²) in [5.41, 5.74) is 0. The average Bonchev–Trinajstić information content (AvgIpc) is 2.61. The van der Waals surface area contributed by atoms with Crippen molar-refractivity contribution in [3.8, 4) is 0 Å². The summed E-state index contributed by atoms with van der Waals surface area (Å²) >= 11 is 1.88. The average molecular weight is 228 g/mol. The molecule has 2 fully saturated rings.